The quantitative estimate of drug-likeness (QED) is 0.669. The molecular weight excluding hydrogens is 304 g/mol. The van der Waals surface area contributed by atoms with Crippen LogP contribution in [-0.2, 0) is 14.3 Å². The van der Waals surface area contributed by atoms with E-state index in [1.807, 2.05) is 31.2 Å². The molecule has 3 rings (SSSR count). The van der Waals surface area contributed by atoms with Crippen LogP contribution in [0.25, 0.3) is 5.57 Å². The summed E-state index contributed by atoms with van der Waals surface area (Å²) in [6, 6.07) is 7.94. The van der Waals surface area contributed by atoms with Gasteiger partial charge in [0, 0.05) is 30.2 Å². The molecule has 2 aliphatic heterocycles. The summed E-state index contributed by atoms with van der Waals surface area (Å²) in [7, 11) is 1.31. The number of ether oxygens (including phenoxy) is 1. The number of carbonyl (C=O) groups excluding carboxylic acids is 2. The number of esters is 1. The van der Waals surface area contributed by atoms with E-state index in [1.54, 1.807) is 4.90 Å². The van der Waals surface area contributed by atoms with E-state index in [9.17, 15) is 9.59 Å². The first-order valence-electron chi connectivity index (χ1n) is 7.99. The van der Waals surface area contributed by atoms with Crippen LogP contribution in [0.2, 0.25) is 0 Å². The molecule has 2 heterocycles. The topological polar surface area (TPSA) is 58.6 Å². The molecule has 0 aromatic heterocycles. The van der Waals surface area contributed by atoms with Crippen LogP contribution in [0.15, 0.2) is 41.7 Å². The van der Waals surface area contributed by atoms with Gasteiger partial charge in [-0.25, -0.2) is 4.79 Å². The Labute approximate surface area is 142 Å². The van der Waals surface area contributed by atoms with Crippen LogP contribution in [0.1, 0.15) is 25.0 Å². The fourth-order valence-corrected chi connectivity index (χ4v) is 3.08. The largest absolute Gasteiger partial charge is 0.466 e. The molecule has 5 heteroatoms. The van der Waals surface area contributed by atoms with Crippen LogP contribution in [0, 0.1) is 12.3 Å². The normalized spacial score (nSPS) is 20.9. The number of benzene rings is 1. The fourth-order valence-electron chi connectivity index (χ4n) is 3.08. The molecule has 1 aromatic carbocycles. The van der Waals surface area contributed by atoms with E-state index in [0.29, 0.717) is 12.1 Å². The SMILES string of the molecule is COC(=O)/C=C1/C(=O)N2CC(C)(C)CNC2=C1c1ccc(C)cc1. The Bertz CT molecular complexity index is 757. The molecule has 1 saturated heterocycles. The summed E-state index contributed by atoms with van der Waals surface area (Å²) in [4.78, 5) is 26.4. The van der Waals surface area contributed by atoms with Crippen molar-refractivity contribution in [2.75, 3.05) is 20.2 Å². The molecule has 0 bridgehead atoms. The lowest BCUT2D eigenvalue weighted by atomic mass is 9.91. The number of nitrogens with zero attached hydrogens (tertiary/aromatic N) is 1. The van der Waals surface area contributed by atoms with E-state index in [1.165, 1.54) is 13.2 Å². The predicted octanol–water partition coefficient (Wildman–Crippen LogP) is 2.23. The lowest BCUT2D eigenvalue weighted by Crippen LogP contribution is -2.49. The van der Waals surface area contributed by atoms with Crippen LogP contribution in [0.4, 0.5) is 0 Å². The minimum atomic E-state index is -0.525. The van der Waals surface area contributed by atoms with Gasteiger partial charge in [-0.1, -0.05) is 43.7 Å². The van der Waals surface area contributed by atoms with Gasteiger partial charge in [-0.3, -0.25) is 9.69 Å². The van der Waals surface area contributed by atoms with Crippen molar-refractivity contribution in [1.82, 2.24) is 10.2 Å². The van der Waals surface area contributed by atoms with E-state index in [0.717, 1.165) is 29.1 Å². The van der Waals surface area contributed by atoms with Crippen molar-refractivity contribution in [2.45, 2.75) is 20.8 Å². The van der Waals surface area contributed by atoms with Gasteiger partial charge in [-0.15, -0.1) is 0 Å². The molecule has 24 heavy (non-hydrogen) atoms. The Morgan fingerprint density at radius 1 is 1.29 bits per heavy atom. The van der Waals surface area contributed by atoms with Gasteiger partial charge < -0.3 is 10.1 Å². The zero-order valence-corrected chi connectivity index (χ0v) is 14.5. The first-order valence-corrected chi connectivity index (χ1v) is 7.99. The smallest absolute Gasteiger partial charge is 0.331 e. The monoisotopic (exact) mass is 326 g/mol. The molecule has 1 N–H and O–H groups in total. The molecule has 1 fully saturated rings. The Morgan fingerprint density at radius 2 is 1.96 bits per heavy atom. The highest BCUT2D eigenvalue weighted by molar-refractivity contribution is 6.17. The average molecular weight is 326 g/mol. The van der Waals surface area contributed by atoms with Gasteiger partial charge in [-0.2, -0.15) is 0 Å². The van der Waals surface area contributed by atoms with Gasteiger partial charge in [0.05, 0.1) is 12.7 Å². The second-order valence-electron chi connectivity index (χ2n) is 7.08. The Kier molecular flexibility index (Phi) is 3.95. The van der Waals surface area contributed by atoms with Crippen LogP contribution in [-0.4, -0.2) is 37.0 Å². The molecule has 0 spiro atoms. The van der Waals surface area contributed by atoms with E-state index in [4.69, 9.17) is 4.74 Å². The van der Waals surface area contributed by atoms with Crippen molar-refractivity contribution < 1.29 is 14.3 Å². The zero-order chi connectivity index (χ0) is 17.5. The van der Waals surface area contributed by atoms with Gasteiger partial charge in [0.2, 0.25) is 0 Å². The number of hydrogen-bond acceptors (Lipinski definition) is 4. The molecule has 0 aliphatic carbocycles. The van der Waals surface area contributed by atoms with E-state index in [2.05, 4.69) is 19.2 Å². The molecule has 5 nitrogen and oxygen atoms in total. The molecule has 1 aromatic rings. The van der Waals surface area contributed by atoms with Crippen molar-refractivity contribution in [3.63, 3.8) is 0 Å². The van der Waals surface area contributed by atoms with Gasteiger partial charge in [-0.05, 0) is 12.5 Å². The van der Waals surface area contributed by atoms with Crippen LogP contribution in [0.3, 0.4) is 0 Å². The van der Waals surface area contributed by atoms with Crippen molar-refractivity contribution in [2.24, 2.45) is 5.41 Å². The maximum Gasteiger partial charge on any atom is 0.331 e. The molecule has 0 radical (unpaired) electrons. The number of amides is 1. The van der Waals surface area contributed by atoms with Crippen molar-refractivity contribution in [3.8, 4) is 0 Å². The average Bonchev–Trinajstić information content (AvgIpc) is 2.79. The van der Waals surface area contributed by atoms with Gasteiger partial charge in [0.25, 0.3) is 5.91 Å². The highest BCUT2D eigenvalue weighted by Crippen LogP contribution is 2.39. The number of nitrogens with one attached hydrogen (secondary N) is 1. The third kappa shape index (κ3) is 2.82. The molecule has 0 unspecified atom stereocenters. The second-order valence-corrected chi connectivity index (χ2v) is 7.08. The summed E-state index contributed by atoms with van der Waals surface area (Å²) >= 11 is 0. The first kappa shape index (κ1) is 16.3. The third-order valence-corrected chi connectivity index (χ3v) is 4.38. The summed E-state index contributed by atoms with van der Waals surface area (Å²) in [5, 5.41) is 3.38. The minimum absolute atomic E-state index is 0.0295. The van der Waals surface area contributed by atoms with E-state index >= 15 is 0 Å². The van der Waals surface area contributed by atoms with Crippen LogP contribution in [0.5, 0.6) is 0 Å². The van der Waals surface area contributed by atoms with Crippen molar-refractivity contribution >= 4 is 17.4 Å². The van der Waals surface area contributed by atoms with Crippen LogP contribution < -0.4 is 5.32 Å². The molecule has 0 saturated carbocycles. The van der Waals surface area contributed by atoms with Crippen molar-refractivity contribution in [1.29, 1.82) is 0 Å². The summed E-state index contributed by atoms with van der Waals surface area (Å²) in [5.41, 5.74) is 3.17. The van der Waals surface area contributed by atoms with Gasteiger partial charge >= 0.3 is 5.97 Å². The summed E-state index contributed by atoms with van der Waals surface area (Å²) in [6.07, 6.45) is 1.29. The predicted molar refractivity (Wildman–Crippen MR) is 91.7 cm³/mol. The Hall–Kier alpha value is -2.56. The van der Waals surface area contributed by atoms with Gasteiger partial charge in [0.15, 0.2) is 0 Å². The summed E-state index contributed by atoms with van der Waals surface area (Å²) in [6.45, 7) is 7.62. The number of methoxy groups -OCH3 is 1. The lowest BCUT2D eigenvalue weighted by Gasteiger charge is -2.38. The molecular formula is C19H22N2O3. The molecule has 0 atom stereocenters. The van der Waals surface area contributed by atoms with E-state index < -0.39 is 5.97 Å². The van der Waals surface area contributed by atoms with Crippen molar-refractivity contribution in [3.05, 3.63) is 52.9 Å². The maximum atomic E-state index is 12.9. The highest BCUT2D eigenvalue weighted by atomic mass is 16.5. The zero-order valence-electron chi connectivity index (χ0n) is 14.5. The first-order chi connectivity index (χ1) is 11.3. The third-order valence-electron chi connectivity index (χ3n) is 4.38. The summed E-state index contributed by atoms with van der Waals surface area (Å²) < 4.78 is 4.73. The highest BCUT2D eigenvalue weighted by Gasteiger charge is 2.42. The standard InChI is InChI=1S/C19H22N2O3/c1-12-5-7-13(8-6-12)16-14(9-15(22)24-4)18(23)21-11-19(2,3)10-20-17(16)21/h5-9,20H,10-11H2,1-4H3/b14-9+. The van der Waals surface area contributed by atoms with Crippen LogP contribution >= 0.6 is 0 Å². The Balaban J connectivity index is 2.14. The number of hydrogen-bond donors (Lipinski definition) is 1. The second kappa shape index (κ2) is 5.82. The number of carbonyl (C=O) groups is 2. The Morgan fingerprint density at radius 3 is 2.58 bits per heavy atom. The fraction of sp³-hybridized carbons (Fsp3) is 0.368. The maximum absolute atomic E-state index is 12.9. The summed E-state index contributed by atoms with van der Waals surface area (Å²) in [5.74, 6) is 0.0900. The number of aryl methyl sites for hydroxylation is 1. The van der Waals surface area contributed by atoms with Gasteiger partial charge in [0.1, 0.15) is 5.82 Å². The molecule has 126 valence electrons. The lowest BCUT2D eigenvalue weighted by molar-refractivity contribution is -0.135. The number of fused-ring (bicyclic) bond motifs is 1. The molecule has 1 amide bonds. The van der Waals surface area contributed by atoms with E-state index in [-0.39, 0.29) is 11.3 Å². The number of rotatable bonds is 2. The minimum Gasteiger partial charge on any atom is -0.466 e. The molecule has 2 aliphatic rings.